The number of carbonyl (C=O) groups excluding carboxylic acids is 3. The number of esters is 1. The van der Waals surface area contributed by atoms with Crippen molar-refractivity contribution in [2.75, 3.05) is 26.7 Å². The summed E-state index contributed by atoms with van der Waals surface area (Å²) in [6.45, 7) is 5.59. The van der Waals surface area contributed by atoms with E-state index in [-0.39, 0.29) is 16.4 Å². The Kier molecular flexibility index (Phi) is 9.76. The molecule has 9 nitrogen and oxygen atoms in total. The highest BCUT2D eigenvalue weighted by Gasteiger charge is 2.23. The highest BCUT2D eigenvalue weighted by atomic mass is 32.2. The fourth-order valence-electron chi connectivity index (χ4n) is 3.28. The van der Waals surface area contributed by atoms with Gasteiger partial charge in [0.1, 0.15) is 6.54 Å². The minimum Gasteiger partial charge on any atom is -0.451 e. The van der Waals surface area contributed by atoms with Crippen LogP contribution in [-0.2, 0) is 30.9 Å². The maximum Gasteiger partial charge on any atom is 0.326 e. The van der Waals surface area contributed by atoms with E-state index >= 15 is 0 Å². The first-order valence-electron chi connectivity index (χ1n) is 11.0. The van der Waals surface area contributed by atoms with Crippen molar-refractivity contribution in [1.29, 1.82) is 0 Å². The van der Waals surface area contributed by atoms with Crippen molar-refractivity contribution in [2.24, 2.45) is 0 Å². The molecule has 0 saturated carbocycles. The summed E-state index contributed by atoms with van der Waals surface area (Å²) in [7, 11) is -2.01. The Bertz CT molecular complexity index is 1080. The van der Waals surface area contributed by atoms with E-state index in [1.807, 2.05) is 30.3 Å². The van der Waals surface area contributed by atoms with Crippen molar-refractivity contribution < 1.29 is 27.5 Å². The summed E-state index contributed by atoms with van der Waals surface area (Å²) in [5.41, 5.74) is 1.14. The van der Waals surface area contributed by atoms with Crippen molar-refractivity contribution in [3.63, 3.8) is 0 Å². The van der Waals surface area contributed by atoms with Crippen LogP contribution in [-0.4, -0.2) is 68.2 Å². The third-order valence-corrected chi connectivity index (χ3v) is 7.21. The molecule has 34 heavy (non-hydrogen) atoms. The molecule has 1 N–H and O–H groups in total. The highest BCUT2D eigenvalue weighted by Crippen LogP contribution is 2.16. The molecule has 0 bridgehead atoms. The van der Waals surface area contributed by atoms with Gasteiger partial charge in [0.2, 0.25) is 10.0 Å². The number of nitrogens with zero attached hydrogens (tertiary/aromatic N) is 2. The molecule has 0 saturated heterocycles. The average molecular weight is 490 g/mol. The Morgan fingerprint density at radius 1 is 0.971 bits per heavy atom. The van der Waals surface area contributed by atoms with Crippen LogP contribution < -0.4 is 5.32 Å². The lowest BCUT2D eigenvalue weighted by atomic mass is 10.2. The Morgan fingerprint density at radius 3 is 2.12 bits per heavy atom. The maximum atomic E-state index is 12.5. The normalized spacial score (nSPS) is 12.1. The lowest BCUT2D eigenvalue weighted by Gasteiger charge is -2.21. The number of amides is 2. The number of ether oxygens (including phenoxy) is 1. The molecule has 0 heterocycles. The summed E-state index contributed by atoms with van der Waals surface area (Å²) >= 11 is 0. The minimum atomic E-state index is -3.63. The van der Waals surface area contributed by atoms with E-state index in [1.54, 1.807) is 20.9 Å². The first-order valence-corrected chi connectivity index (χ1v) is 12.4. The number of rotatable bonds is 11. The van der Waals surface area contributed by atoms with Crippen LogP contribution in [0.3, 0.4) is 0 Å². The van der Waals surface area contributed by atoms with Crippen molar-refractivity contribution in [2.45, 2.75) is 38.3 Å². The molecule has 1 unspecified atom stereocenters. The van der Waals surface area contributed by atoms with Crippen molar-refractivity contribution >= 4 is 27.8 Å². The van der Waals surface area contributed by atoms with E-state index in [4.69, 9.17) is 4.74 Å². The van der Waals surface area contributed by atoms with E-state index in [9.17, 15) is 22.8 Å². The summed E-state index contributed by atoms with van der Waals surface area (Å²) in [4.78, 5) is 38.4. The van der Waals surface area contributed by atoms with Gasteiger partial charge in [0.25, 0.3) is 11.8 Å². The van der Waals surface area contributed by atoms with Gasteiger partial charge in [-0.25, -0.2) is 8.42 Å². The first kappa shape index (κ1) is 27.0. The predicted molar refractivity (Wildman–Crippen MR) is 127 cm³/mol. The molecule has 0 fully saturated rings. The summed E-state index contributed by atoms with van der Waals surface area (Å²) in [5, 5.41) is 2.42. The summed E-state index contributed by atoms with van der Waals surface area (Å²) in [5.74, 6) is -1.69. The first-order chi connectivity index (χ1) is 16.1. The molecule has 2 aromatic carbocycles. The third kappa shape index (κ3) is 7.13. The second-order valence-electron chi connectivity index (χ2n) is 7.61. The zero-order valence-electron chi connectivity index (χ0n) is 19.9. The van der Waals surface area contributed by atoms with Gasteiger partial charge in [-0.1, -0.05) is 44.2 Å². The number of benzene rings is 2. The van der Waals surface area contributed by atoms with Crippen LogP contribution in [0.4, 0.5) is 0 Å². The summed E-state index contributed by atoms with van der Waals surface area (Å²) in [6, 6.07) is 14.9. The lowest BCUT2D eigenvalue weighted by Crippen LogP contribution is -2.39. The number of carbonyl (C=O) groups is 3. The molecular weight excluding hydrogens is 458 g/mol. The van der Waals surface area contributed by atoms with Crippen LogP contribution in [0.25, 0.3) is 0 Å². The van der Waals surface area contributed by atoms with Crippen LogP contribution in [0.15, 0.2) is 59.5 Å². The molecule has 0 aliphatic heterocycles. The Morgan fingerprint density at radius 2 is 1.56 bits per heavy atom. The zero-order chi connectivity index (χ0) is 25.3. The van der Waals surface area contributed by atoms with Crippen LogP contribution in [0, 0.1) is 0 Å². The van der Waals surface area contributed by atoms with Gasteiger partial charge in [0, 0.05) is 32.2 Å². The molecule has 1 atom stereocenters. The molecule has 2 aromatic rings. The van der Waals surface area contributed by atoms with Gasteiger partial charge in [-0.05, 0) is 36.8 Å². The Balaban J connectivity index is 1.87. The van der Waals surface area contributed by atoms with Gasteiger partial charge >= 0.3 is 5.97 Å². The quantitative estimate of drug-likeness (QED) is 0.484. The number of sulfonamides is 1. The predicted octanol–water partition coefficient (Wildman–Crippen LogP) is 2.04. The fourth-order valence-corrected chi connectivity index (χ4v) is 4.74. The van der Waals surface area contributed by atoms with Crippen LogP contribution in [0.1, 0.15) is 36.7 Å². The molecule has 0 spiro atoms. The summed E-state index contributed by atoms with van der Waals surface area (Å²) < 4.78 is 31.5. The van der Waals surface area contributed by atoms with Crippen LogP contribution in [0.2, 0.25) is 0 Å². The van der Waals surface area contributed by atoms with Crippen molar-refractivity contribution in [3.05, 3.63) is 65.7 Å². The Labute approximate surface area is 200 Å². The molecule has 10 heteroatoms. The second-order valence-corrected chi connectivity index (χ2v) is 9.55. The highest BCUT2D eigenvalue weighted by molar-refractivity contribution is 7.89. The van der Waals surface area contributed by atoms with Crippen LogP contribution >= 0.6 is 0 Å². The Hall–Kier alpha value is -3.24. The smallest absolute Gasteiger partial charge is 0.326 e. The number of likely N-dealkylation sites (N-methyl/N-ethyl adjacent to an activating group) is 1. The number of hydrogen-bond donors (Lipinski definition) is 1. The van der Waals surface area contributed by atoms with E-state index in [2.05, 4.69) is 5.32 Å². The number of nitrogens with one attached hydrogen (secondary N) is 1. The fraction of sp³-hybridized carbons (Fsp3) is 0.375. The van der Waals surface area contributed by atoms with Gasteiger partial charge in [-0.2, -0.15) is 4.31 Å². The lowest BCUT2D eigenvalue weighted by molar-refractivity contribution is -0.157. The largest absolute Gasteiger partial charge is 0.451 e. The molecule has 184 valence electrons. The standard InChI is InChI=1S/C24H31N3O6S/c1-5-27(6-2)34(31,32)21-14-12-20(13-15-21)23(29)25-16-22(28)33-18(3)24(30)26(4)17-19-10-8-7-9-11-19/h7-15,18H,5-6,16-17H2,1-4H3,(H,25,29). The molecule has 2 rings (SSSR count). The minimum absolute atomic E-state index is 0.0825. The van der Waals surface area contributed by atoms with E-state index in [0.29, 0.717) is 19.6 Å². The number of hydrogen-bond acceptors (Lipinski definition) is 6. The van der Waals surface area contributed by atoms with E-state index in [0.717, 1.165) is 5.56 Å². The van der Waals surface area contributed by atoms with E-state index in [1.165, 1.54) is 40.4 Å². The van der Waals surface area contributed by atoms with Crippen molar-refractivity contribution in [3.8, 4) is 0 Å². The van der Waals surface area contributed by atoms with Gasteiger partial charge < -0.3 is 15.0 Å². The van der Waals surface area contributed by atoms with Gasteiger partial charge in [-0.3, -0.25) is 14.4 Å². The van der Waals surface area contributed by atoms with E-state index < -0.39 is 34.5 Å². The summed E-state index contributed by atoms with van der Waals surface area (Å²) in [6.07, 6.45) is -1.01. The van der Waals surface area contributed by atoms with Gasteiger partial charge in [0.05, 0.1) is 4.90 Å². The van der Waals surface area contributed by atoms with Gasteiger partial charge in [-0.15, -0.1) is 0 Å². The molecule has 0 aliphatic carbocycles. The molecule has 0 aromatic heterocycles. The molecule has 0 aliphatic rings. The SMILES string of the molecule is CCN(CC)S(=O)(=O)c1ccc(C(=O)NCC(=O)OC(C)C(=O)N(C)Cc2ccccc2)cc1. The van der Waals surface area contributed by atoms with Gasteiger partial charge in [0.15, 0.2) is 6.10 Å². The molecule has 2 amide bonds. The monoisotopic (exact) mass is 489 g/mol. The molecule has 0 radical (unpaired) electrons. The topological polar surface area (TPSA) is 113 Å². The maximum absolute atomic E-state index is 12.5. The zero-order valence-corrected chi connectivity index (χ0v) is 20.7. The van der Waals surface area contributed by atoms with Crippen LogP contribution in [0.5, 0.6) is 0 Å². The third-order valence-electron chi connectivity index (χ3n) is 5.15. The average Bonchev–Trinajstić information content (AvgIpc) is 2.83. The molecular formula is C24H31N3O6S. The second kappa shape index (κ2) is 12.3. The van der Waals surface area contributed by atoms with Crippen molar-refractivity contribution in [1.82, 2.24) is 14.5 Å².